The Morgan fingerprint density at radius 2 is 2.29 bits per heavy atom. The molecule has 0 fully saturated rings. The fourth-order valence-corrected chi connectivity index (χ4v) is 2.09. The van der Waals surface area contributed by atoms with Gasteiger partial charge in [0.15, 0.2) is 0 Å². The molecule has 0 aliphatic rings. The van der Waals surface area contributed by atoms with E-state index in [1.165, 1.54) is 0 Å². The number of anilines is 1. The second kappa shape index (κ2) is 4.25. The first-order chi connectivity index (χ1) is 8.34. The van der Waals surface area contributed by atoms with E-state index in [9.17, 15) is 0 Å². The molecule has 1 aromatic carbocycles. The molecule has 0 spiro atoms. The van der Waals surface area contributed by atoms with E-state index in [0.29, 0.717) is 6.54 Å². The van der Waals surface area contributed by atoms with Gasteiger partial charge in [-0.1, -0.05) is 6.07 Å². The third-order valence-electron chi connectivity index (χ3n) is 2.62. The van der Waals surface area contributed by atoms with Crippen molar-refractivity contribution in [1.29, 1.82) is 0 Å². The highest BCUT2D eigenvalue weighted by Gasteiger charge is 2.05. The monoisotopic (exact) mass is 291 g/mol. The van der Waals surface area contributed by atoms with E-state index in [1.54, 1.807) is 6.26 Å². The summed E-state index contributed by atoms with van der Waals surface area (Å²) in [5.41, 5.74) is 2.06. The highest BCUT2D eigenvalue weighted by atomic mass is 79.9. The number of H-pyrrole nitrogens is 1. The van der Waals surface area contributed by atoms with Gasteiger partial charge in [-0.15, -0.1) is 0 Å². The van der Waals surface area contributed by atoms with Crippen LogP contribution in [-0.4, -0.2) is 10.2 Å². The Balaban J connectivity index is 1.86. The summed E-state index contributed by atoms with van der Waals surface area (Å²) in [4.78, 5) is 0. The van der Waals surface area contributed by atoms with Gasteiger partial charge in [0.1, 0.15) is 5.76 Å². The first-order valence-electron chi connectivity index (χ1n) is 5.22. The van der Waals surface area contributed by atoms with Crippen molar-refractivity contribution in [2.75, 3.05) is 5.32 Å². The predicted molar refractivity (Wildman–Crippen MR) is 69.8 cm³/mol. The van der Waals surface area contributed by atoms with Crippen LogP contribution in [0, 0.1) is 0 Å². The topological polar surface area (TPSA) is 53.9 Å². The Hall–Kier alpha value is -1.75. The number of rotatable bonds is 3. The molecule has 86 valence electrons. The van der Waals surface area contributed by atoms with E-state index in [4.69, 9.17) is 4.42 Å². The van der Waals surface area contributed by atoms with Crippen LogP contribution in [0.4, 0.5) is 5.69 Å². The molecule has 3 aromatic rings. The smallest absolute Gasteiger partial charge is 0.136 e. The van der Waals surface area contributed by atoms with Crippen LogP contribution in [-0.2, 0) is 6.54 Å². The minimum Gasteiger partial charge on any atom is -0.466 e. The third kappa shape index (κ3) is 1.93. The van der Waals surface area contributed by atoms with Crippen molar-refractivity contribution in [3.63, 3.8) is 0 Å². The molecule has 0 saturated heterocycles. The Bertz CT molecular complexity index is 644. The summed E-state index contributed by atoms with van der Waals surface area (Å²) >= 11 is 3.43. The zero-order valence-electron chi connectivity index (χ0n) is 8.90. The van der Waals surface area contributed by atoms with Gasteiger partial charge in [0.25, 0.3) is 0 Å². The number of aromatic amines is 1. The maximum absolute atomic E-state index is 5.35. The van der Waals surface area contributed by atoms with Gasteiger partial charge in [0, 0.05) is 11.1 Å². The predicted octanol–water partition coefficient (Wildman–Crippen LogP) is 3.53. The van der Waals surface area contributed by atoms with E-state index in [-0.39, 0.29) is 0 Å². The minimum absolute atomic E-state index is 0.637. The lowest BCUT2D eigenvalue weighted by atomic mass is 10.2. The largest absolute Gasteiger partial charge is 0.466 e. The van der Waals surface area contributed by atoms with Crippen LogP contribution >= 0.6 is 15.9 Å². The Morgan fingerprint density at radius 1 is 1.35 bits per heavy atom. The zero-order chi connectivity index (χ0) is 11.7. The highest BCUT2D eigenvalue weighted by Crippen LogP contribution is 2.23. The van der Waals surface area contributed by atoms with Crippen molar-refractivity contribution in [1.82, 2.24) is 10.2 Å². The first-order valence-corrected chi connectivity index (χ1v) is 6.02. The average Bonchev–Trinajstić information content (AvgIpc) is 2.95. The summed E-state index contributed by atoms with van der Waals surface area (Å²) in [6.07, 6.45) is 3.48. The molecule has 0 aliphatic heterocycles. The first kappa shape index (κ1) is 10.4. The second-order valence-electron chi connectivity index (χ2n) is 3.68. The molecule has 0 unspecified atom stereocenters. The number of hydrogen-bond acceptors (Lipinski definition) is 3. The summed E-state index contributed by atoms with van der Waals surface area (Å²) < 4.78 is 6.32. The molecule has 5 heteroatoms. The van der Waals surface area contributed by atoms with Gasteiger partial charge in [-0.25, -0.2) is 0 Å². The zero-order valence-corrected chi connectivity index (χ0v) is 10.5. The fraction of sp³-hybridized carbons (Fsp3) is 0.0833. The molecule has 0 bridgehead atoms. The van der Waals surface area contributed by atoms with Crippen LogP contribution in [0.2, 0.25) is 0 Å². The van der Waals surface area contributed by atoms with Crippen LogP contribution in [0.1, 0.15) is 5.76 Å². The van der Waals surface area contributed by atoms with Gasteiger partial charge in [-0.3, -0.25) is 5.10 Å². The molecule has 0 amide bonds. The van der Waals surface area contributed by atoms with Crippen LogP contribution in [0.25, 0.3) is 10.9 Å². The van der Waals surface area contributed by atoms with Gasteiger partial charge >= 0.3 is 0 Å². The van der Waals surface area contributed by atoms with Crippen molar-refractivity contribution >= 4 is 32.5 Å². The molecule has 0 radical (unpaired) electrons. The number of fused-ring (bicyclic) bond motifs is 1. The van der Waals surface area contributed by atoms with E-state index in [0.717, 1.165) is 26.8 Å². The standard InChI is InChI=1S/C12H10BrN3O/c13-9-4-5-17-12(9)7-14-10-2-1-3-11-8(10)6-15-16-11/h1-6,14H,7H2,(H,15,16). The van der Waals surface area contributed by atoms with Gasteiger partial charge in [-0.05, 0) is 34.1 Å². The number of furan rings is 1. The van der Waals surface area contributed by atoms with Gasteiger partial charge < -0.3 is 9.73 Å². The maximum Gasteiger partial charge on any atom is 0.136 e. The quantitative estimate of drug-likeness (QED) is 0.776. The van der Waals surface area contributed by atoms with Crippen LogP contribution in [0.15, 0.2) is 45.6 Å². The molecular weight excluding hydrogens is 282 g/mol. The summed E-state index contributed by atoms with van der Waals surface area (Å²) in [7, 11) is 0. The third-order valence-corrected chi connectivity index (χ3v) is 3.32. The normalized spacial score (nSPS) is 10.9. The number of nitrogens with zero attached hydrogens (tertiary/aromatic N) is 1. The highest BCUT2D eigenvalue weighted by molar-refractivity contribution is 9.10. The molecule has 3 rings (SSSR count). The second-order valence-corrected chi connectivity index (χ2v) is 4.54. The van der Waals surface area contributed by atoms with Crippen LogP contribution < -0.4 is 5.32 Å². The van der Waals surface area contributed by atoms with Gasteiger partial charge in [-0.2, -0.15) is 5.10 Å². The number of halogens is 1. The number of nitrogens with one attached hydrogen (secondary N) is 2. The van der Waals surface area contributed by atoms with Crippen LogP contribution in [0.3, 0.4) is 0 Å². The molecule has 17 heavy (non-hydrogen) atoms. The Morgan fingerprint density at radius 3 is 3.12 bits per heavy atom. The molecule has 2 aromatic heterocycles. The summed E-state index contributed by atoms with van der Waals surface area (Å²) in [6, 6.07) is 7.89. The summed E-state index contributed by atoms with van der Waals surface area (Å²) in [5, 5.41) is 11.4. The van der Waals surface area contributed by atoms with E-state index in [1.807, 2.05) is 30.5 Å². The lowest BCUT2D eigenvalue weighted by molar-refractivity contribution is 0.516. The summed E-state index contributed by atoms with van der Waals surface area (Å²) in [5.74, 6) is 0.880. The SMILES string of the molecule is Brc1ccoc1CNc1cccc2[nH]ncc12. The molecule has 4 nitrogen and oxygen atoms in total. The fourth-order valence-electron chi connectivity index (χ4n) is 1.75. The summed E-state index contributed by atoms with van der Waals surface area (Å²) in [6.45, 7) is 0.637. The van der Waals surface area contributed by atoms with Crippen molar-refractivity contribution in [2.24, 2.45) is 0 Å². The maximum atomic E-state index is 5.35. The van der Waals surface area contributed by atoms with Crippen molar-refractivity contribution < 1.29 is 4.42 Å². The average molecular weight is 292 g/mol. The lowest BCUT2D eigenvalue weighted by Gasteiger charge is -2.05. The van der Waals surface area contributed by atoms with Gasteiger partial charge in [0.05, 0.1) is 29.0 Å². The van der Waals surface area contributed by atoms with E-state index in [2.05, 4.69) is 31.4 Å². The van der Waals surface area contributed by atoms with Crippen molar-refractivity contribution in [3.05, 3.63) is 47.0 Å². The Kier molecular flexibility index (Phi) is 2.60. The van der Waals surface area contributed by atoms with Crippen molar-refractivity contribution in [2.45, 2.75) is 6.54 Å². The molecule has 2 heterocycles. The Labute approximate surface area is 106 Å². The van der Waals surface area contributed by atoms with Gasteiger partial charge in [0.2, 0.25) is 0 Å². The minimum atomic E-state index is 0.637. The molecule has 0 atom stereocenters. The molecule has 2 N–H and O–H groups in total. The molecule has 0 aliphatic carbocycles. The molecule has 0 saturated carbocycles. The number of aromatic nitrogens is 2. The molecular formula is C12H10BrN3O. The van der Waals surface area contributed by atoms with Crippen LogP contribution in [0.5, 0.6) is 0 Å². The van der Waals surface area contributed by atoms with E-state index < -0.39 is 0 Å². The number of hydrogen-bond donors (Lipinski definition) is 2. The van der Waals surface area contributed by atoms with E-state index >= 15 is 0 Å². The number of benzene rings is 1. The lowest BCUT2D eigenvalue weighted by Crippen LogP contribution is -1.98. The van der Waals surface area contributed by atoms with Crippen molar-refractivity contribution in [3.8, 4) is 0 Å².